The van der Waals surface area contributed by atoms with Crippen LogP contribution in [0.2, 0.25) is 0 Å². The van der Waals surface area contributed by atoms with Crippen LogP contribution >= 0.6 is 27.3 Å². The Bertz CT molecular complexity index is 262. The van der Waals surface area contributed by atoms with Gasteiger partial charge in [0, 0.05) is 21.2 Å². The largest absolute Gasteiger partial charge is 0.390 e. The molecule has 0 bridgehead atoms. The monoisotopic (exact) mass is 264 g/mol. The minimum absolute atomic E-state index is 0.533. The van der Waals surface area contributed by atoms with Gasteiger partial charge in [-0.3, -0.25) is 0 Å². The second kappa shape index (κ2) is 5.10. The summed E-state index contributed by atoms with van der Waals surface area (Å²) in [7, 11) is 0. The summed E-state index contributed by atoms with van der Waals surface area (Å²) in [5.41, 5.74) is 0. The molecule has 1 aromatic rings. The minimum atomic E-state index is -0.643. The van der Waals surface area contributed by atoms with Crippen LogP contribution in [0.3, 0.4) is 0 Å². The van der Waals surface area contributed by atoms with Crippen molar-refractivity contribution in [1.29, 1.82) is 0 Å². The van der Waals surface area contributed by atoms with Crippen LogP contribution in [0.1, 0.15) is 18.2 Å². The molecule has 2 atom stereocenters. The van der Waals surface area contributed by atoms with Crippen LogP contribution in [0.4, 0.5) is 0 Å². The number of aliphatic hydroxyl groups excluding tert-OH is 2. The van der Waals surface area contributed by atoms with E-state index in [1.807, 2.05) is 18.4 Å². The fourth-order valence-electron chi connectivity index (χ4n) is 1.08. The molecule has 0 aliphatic rings. The second-order valence-corrected chi connectivity index (χ2v) is 4.89. The molecule has 1 rings (SSSR count). The van der Waals surface area contributed by atoms with E-state index in [4.69, 9.17) is 0 Å². The normalized spacial score (nSPS) is 15.7. The van der Waals surface area contributed by atoms with Crippen molar-refractivity contribution in [3.63, 3.8) is 0 Å². The molecule has 4 heteroatoms. The standard InChI is InChI=1S/C9H13BrO2S/c1-2-8(11)9(12)4-7-3-6(10)5-13-7/h3,5,8-9,11-12H,2,4H2,1H3. The van der Waals surface area contributed by atoms with Crippen LogP contribution in [-0.2, 0) is 6.42 Å². The molecule has 74 valence electrons. The summed E-state index contributed by atoms with van der Waals surface area (Å²) in [5.74, 6) is 0. The lowest BCUT2D eigenvalue weighted by atomic mass is 10.1. The maximum Gasteiger partial charge on any atom is 0.0847 e. The Hall–Kier alpha value is 0.1000. The first kappa shape index (κ1) is 11.2. The summed E-state index contributed by atoms with van der Waals surface area (Å²) in [4.78, 5) is 1.09. The van der Waals surface area contributed by atoms with E-state index in [1.54, 1.807) is 11.3 Å². The van der Waals surface area contributed by atoms with Gasteiger partial charge in [-0.15, -0.1) is 11.3 Å². The zero-order chi connectivity index (χ0) is 9.84. The molecule has 2 N–H and O–H groups in total. The van der Waals surface area contributed by atoms with Gasteiger partial charge in [-0.05, 0) is 28.4 Å². The maximum absolute atomic E-state index is 9.52. The van der Waals surface area contributed by atoms with E-state index < -0.39 is 12.2 Å². The van der Waals surface area contributed by atoms with Gasteiger partial charge in [0.05, 0.1) is 12.2 Å². The SMILES string of the molecule is CCC(O)C(O)Cc1cc(Br)cs1. The van der Waals surface area contributed by atoms with E-state index >= 15 is 0 Å². The predicted octanol–water partition coefficient (Wildman–Crippen LogP) is 2.18. The second-order valence-electron chi connectivity index (χ2n) is 2.98. The molecule has 0 aliphatic heterocycles. The smallest absolute Gasteiger partial charge is 0.0847 e. The molecule has 1 heterocycles. The molecule has 0 saturated carbocycles. The fraction of sp³-hybridized carbons (Fsp3) is 0.556. The number of hydrogen-bond donors (Lipinski definition) is 2. The van der Waals surface area contributed by atoms with Crippen molar-refractivity contribution in [2.24, 2.45) is 0 Å². The van der Waals surface area contributed by atoms with Crippen molar-refractivity contribution in [3.05, 3.63) is 20.8 Å². The van der Waals surface area contributed by atoms with Gasteiger partial charge in [0.1, 0.15) is 0 Å². The highest BCUT2D eigenvalue weighted by molar-refractivity contribution is 9.10. The van der Waals surface area contributed by atoms with E-state index in [9.17, 15) is 10.2 Å². The fourth-order valence-corrected chi connectivity index (χ4v) is 2.58. The summed E-state index contributed by atoms with van der Waals surface area (Å²) in [6.45, 7) is 1.86. The minimum Gasteiger partial charge on any atom is -0.390 e. The molecule has 1 aromatic heterocycles. The predicted molar refractivity (Wildman–Crippen MR) is 58.0 cm³/mol. The Morgan fingerprint density at radius 2 is 2.15 bits per heavy atom. The third kappa shape index (κ3) is 3.38. The van der Waals surface area contributed by atoms with Gasteiger partial charge in [0.25, 0.3) is 0 Å². The van der Waals surface area contributed by atoms with Crippen LogP contribution in [0.5, 0.6) is 0 Å². The Kier molecular flexibility index (Phi) is 4.38. The molecule has 0 radical (unpaired) electrons. The first-order valence-electron chi connectivity index (χ1n) is 4.22. The molecule has 0 saturated heterocycles. The Labute approximate surface area is 90.4 Å². The Morgan fingerprint density at radius 1 is 1.46 bits per heavy atom. The third-order valence-corrected chi connectivity index (χ3v) is 3.61. The van der Waals surface area contributed by atoms with Crippen LogP contribution in [0.25, 0.3) is 0 Å². The lowest BCUT2D eigenvalue weighted by molar-refractivity contribution is 0.0186. The average Bonchev–Trinajstić information content (AvgIpc) is 2.49. The van der Waals surface area contributed by atoms with Gasteiger partial charge in [-0.1, -0.05) is 6.92 Å². The number of rotatable bonds is 4. The van der Waals surface area contributed by atoms with Gasteiger partial charge >= 0.3 is 0 Å². The summed E-state index contributed by atoms with van der Waals surface area (Å²) in [6, 6.07) is 1.97. The molecule has 0 aliphatic carbocycles. The Morgan fingerprint density at radius 3 is 2.62 bits per heavy atom. The lowest BCUT2D eigenvalue weighted by Crippen LogP contribution is -2.26. The van der Waals surface area contributed by atoms with Crippen molar-refractivity contribution in [2.75, 3.05) is 0 Å². The van der Waals surface area contributed by atoms with Crippen LogP contribution in [-0.4, -0.2) is 22.4 Å². The highest BCUT2D eigenvalue weighted by Crippen LogP contribution is 2.21. The number of halogens is 1. The van der Waals surface area contributed by atoms with Crippen molar-refractivity contribution < 1.29 is 10.2 Å². The Balaban J connectivity index is 2.49. The third-order valence-electron chi connectivity index (χ3n) is 1.89. The molecule has 0 aromatic carbocycles. The lowest BCUT2D eigenvalue weighted by Gasteiger charge is -2.14. The van der Waals surface area contributed by atoms with Crippen LogP contribution in [0, 0.1) is 0 Å². The van der Waals surface area contributed by atoms with Gasteiger partial charge in [0.15, 0.2) is 0 Å². The zero-order valence-electron chi connectivity index (χ0n) is 7.40. The highest BCUT2D eigenvalue weighted by atomic mass is 79.9. The van der Waals surface area contributed by atoms with Gasteiger partial charge in [0.2, 0.25) is 0 Å². The number of aliphatic hydroxyl groups is 2. The molecular formula is C9H13BrO2S. The van der Waals surface area contributed by atoms with E-state index in [0.717, 1.165) is 9.35 Å². The van der Waals surface area contributed by atoms with Crippen LogP contribution in [0.15, 0.2) is 15.9 Å². The van der Waals surface area contributed by atoms with Crippen molar-refractivity contribution in [1.82, 2.24) is 0 Å². The summed E-state index contributed by atoms with van der Waals surface area (Å²) < 4.78 is 1.03. The number of thiophene rings is 1. The van der Waals surface area contributed by atoms with E-state index in [2.05, 4.69) is 15.9 Å². The maximum atomic E-state index is 9.52. The quantitative estimate of drug-likeness (QED) is 0.876. The highest BCUT2D eigenvalue weighted by Gasteiger charge is 2.15. The molecule has 13 heavy (non-hydrogen) atoms. The molecule has 2 unspecified atom stereocenters. The molecule has 0 fully saturated rings. The molecule has 0 spiro atoms. The van der Waals surface area contributed by atoms with E-state index in [1.165, 1.54) is 0 Å². The number of hydrogen-bond acceptors (Lipinski definition) is 3. The first-order chi connectivity index (χ1) is 6.13. The van der Waals surface area contributed by atoms with Gasteiger partial charge in [-0.25, -0.2) is 0 Å². The summed E-state index contributed by atoms with van der Waals surface area (Å²) >= 11 is 4.93. The van der Waals surface area contributed by atoms with E-state index in [-0.39, 0.29) is 0 Å². The van der Waals surface area contributed by atoms with Gasteiger partial charge < -0.3 is 10.2 Å². The van der Waals surface area contributed by atoms with Crippen LogP contribution < -0.4 is 0 Å². The van der Waals surface area contributed by atoms with Crippen molar-refractivity contribution in [2.45, 2.75) is 32.0 Å². The summed E-state index contributed by atoms with van der Waals surface area (Å²) in [5, 5.41) is 20.8. The first-order valence-corrected chi connectivity index (χ1v) is 5.89. The van der Waals surface area contributed by atoms with E-state index in [0.29, 0.717) is 12.8 Å². The molecule has 0 amide bonds. The topological polar surface area (TPSA) is 40.5 Å². The van der Waals surface area contributed by atoms with Crippen molar-refractivity contribution >= 4 is 27.3 Å². The average molecular weight is 265 g/mol. The van der Waals surface area contributed by atoms with Gasteiger partial charge in [-0.2, -0.15) is 0 Å². The summed E-state index contributed by atoms with van der Waals surface area (Å²) in [6.07, 6.45) is -0.129. The molecular weight excluding hydrogens is 252 g/mol. The van der Waals surface area contributed by atoms with Crippen molar-refractivity contribution in [3.8, 4) is 0 Å². The molecule has 2 nitrogen and oxygen atoms in total. The zero-order valence-corrected chi connectivity index (χ0v) is 9.81.